The third-order valence-corrected chi connectivity index (χ3v) is 3.20. The zero-order valence-electron chi connectivity index (χ0n) is 9.39. The molecule has 0 heterocycles. The molecule has 84 valence electrons. The predicted molar refractivity (Wildman–Crippen MR) is 69.3 cm³/mol. The number of halogens is 2. The Kier molecular flexibility index (Phi) is 9.05. The summed E-state index contributed by atoms with van der Waals surface area (Å²) in [5.74, 6) is 0. The van der Waals surface area contributed by atoms with Crippen molar-refractivity contribution in [3.63, 3.8) is 0 Å². The van der Waals surface area contributed by atoms with E-state index in [1.807, 2.05) is 0 Å². The Morgan fingerprint density at radius 3 is 2.36 bits per heavy atom. The van der Waals surface area contributed by atoms with Gasteiger partial charge in [-0.05, 0) is 25.3 Å². The van der Waals surface area contributed by atoms with Crippen LogP contribution < -0.4 is 0 Å². The number of rotatable bonds is 7. The summed E-state index contributed by atoms with van der Waals surface area (Å²) in [6, 6.07) is 0.680. The van der Waals surface area contributed by atoms with Crippen molar-refractivity contribution in [3.05, 3.63) is 11.1 Å². The van der Waals surface area contributed by atoms with Gasteiger partial charge in [-0.25, -0.2) is 0 Å². The van der Waals surface area contributed by atoms with Crippen LogP contribution in [0.25, 0.3) is 0 Å². The molecular formula is C11H21BrClN. The van der Waals surface area contributed by atoms with Crippen molar-refractivity contribution in [3.8, 4) is 0 Å². The highest BCUT2D eigenvalue weighted by Gasteiger charge is 2.14. The van der Waals surface area contributed by atoms with Gasteiger partial charge >= 0.3 is 0 Å². The van der Waals surface area contributed by atoms with Gasteiger partial charge in [-0.15, -0.1) is 0 Å². The van der Waals surface area contributed by atoms with Crippen molar-refractivity contribution in [2.75, 3.05) is 18.4 Å². The Balaban J connectivity index is 4.25. The zero-order valence-corrected chi connectivity index (χ0v) is 11.7. The van der Waals surface area contributed by atoms with E-state index < -0.39 is 0 Å². The first-order chi connectivity index (χ1) is 6.69. The van der Waals surface area contributed by atoms with Gasteiger partial charge in [-0.3, -0.25) is 4.90 Å². The summed E-state index contributed by atoms with van der Waals surface area (Å²) in [7, 11) is 0. The highest BCUT2D eigenvalue weighted by molar-refractivity contribution is 9.09. The molecule has 0 saturated heterocycles. The summed E-state index contributed by atoms with van der Waals surface area (Å²) in [4.78, 5) is 2.49. The molecule has 0 amide bonds. The minimum absolute atomic E-state index is 0.680. The lowest BCUT2D eigenvalue weighted by molar-refractivity contribution is 0.214. The van der Waals surface area contributed by atoms with E-state index >= 15 is 0 Å². The van der Waals surface area contributed by atoms with Crippen LogP contribution in [0.2, 0.25) is 0 Å². The van der Waals surface area contributed by atoms with Gasteiger partial charge in [-0.1, -0.05) is 41.4 Å². The second-order valence-electron chi connectivity index (χ2n) is 3.59. The second-order valence-corrected chi connectivity index (χ2v) is 4.60. The van der Waals surface area contributed by atoms with E-state index in [9.17, 15) is 0 Å². The second kappa shape index (κ2) is 8.75. The van der Waals surface area contributed by atoms with Crippen molar-refractivity contribution < 1.29 is 0 Å². The zero-order chi connectivity index (χ0) is 11.0. The van der Waals surface area contributed by atoms with Crippen molar-refractivity contribution in [1.82, 2.24) is 4.90 Å². The van der Waals surface area contributed by atoms with E-state index in [4.69, 9.17) is 11.6 Å². The van der Waals surface area contributed by atoms with Gasteiger partial charge in [0.05, 0.1) is 0 Å². The van der Waals surface area contributed by atoms with Gasteiger partial charge in [-0.2, -0.15) is 0 Å². The fourth-order valence-corrected chi connectivity index (χ4v) is 2.18. The van der Waals surface area contributed by atoms with Crippen molar-refractivity contribution in [2.24, 2.45) is 0 Å². The summed E-state index contributed by atoms with van der Waals surface area (Å²) < 4.78 is 0. The van der Waals surface area contributed by atoms with E-state index in [2.05, 4.69) is 41.6 Å². The van der Waals surface area contributed by atoms with Crippen LogP contribution in [-0.2, 0) is 0 Å². The van der Waals surface area contributed by atoms with Crippen LogP contribution in [0.15, 0.2) is 11.1 Å². The average Bonchev–Trinajstić information content (AvgIpc) is 2.19. The molecule has 0 bridgehead atoms. The lowest BCUT2D eigenvalue weighted by atomic mass is 10.1. The van der Waals surface area contributed by atoms with Crippen LogP contribution in [0.4, 0.5) is 0 Å². The number of hydrogen-bond donors (Lipinski definition) is 0. The Labute approximate surface area is 102 Å². The molecule has 0 spiro atoms. The molecule has 0 aromatic rings. The van der Waals surface area contributed by atoms with Crippen LogP contribution in [0.5, 0.6) is 0 Å². The molecule has 3 heteroatoms. The van der Waals surface area contributed by atoms with Gasteiger partial charge in [0.15, 0.2) is 0 Å². The maximum absolute atomic E-state index is 5.69. The maximum atomic E-state index is 5.69. The van der Waals surface area contributed by atoms with E-state index in [0.717, 1.165) is 18.4 Å². The van der Waals surface area contributed by atoms with Crippen LogP contribution in [0.3, 0.4) is 0 Å². The Morgan fingerprint density at radius 1 is 1.43 bits per heavy atom. The first-order valence-electron chi connectivity index (χ1n) is 5.25. The molecule has 0 aliphatic heterocycles. The standard InChI is InChI=1S/C11H21BrClN/c1-4-11(5-2)14(7-6-12)9-10(3)8-13/h8,11H,4-7,9H2,1-3H3. The minimum Gasteiger partial charge on any atom is -0.296 e. The van der Waals surface area contributed by atoms with Gasteiger partial charge in [0.1, 0.15) is 0 Å². The molecule has 0 N–H and O–H groups in total. The summed E-state index contributed by atoms with van der Waals surface area (Å²) in [5, 5.41) is 1.03. The lowest BCUT2D eigenvalue weighted by Crippen LogP contribution is -2.37. The van der Waals surface area contributed by atoms with Crippen LogP contribution in [0, 0.1) is 0 Å². The van der Waals surface area contributed by atoms with Crippen molar-refractivity contribution >= 4 is 27.5 Å². The largest absolute Gasteiger partial charge is 0.296 e. The minimum atomic E-state index is 0.680. The molecule has 0 aromatic heterocycles. The normalized spacial score (nSPS) is 12.9. The molecule has 0 unspecified atom stereocenters. The summed E-state index contributed by atoms with van der Waals surface area (Å²) in [6.07, 6.45) is 2.41. The quantitative estimate of drug-likeness (QED) is 0.638. The van der Waals surface area contributed by atoms with E-state index in [0.29, 0.717) is 6.04 Å². The molecule has 1 nitrogen and oxygen atoms in total. The van der Waals surface area contributed by atoms with E-state index in [1.165, 1.54) is 18.4 Å². The van der Waals surface area contributed by atoms with Crippen LogP contribution >= 0.6 is 27.5 Å². The Bertz CT molecular complexity index is 167. The number of hydrogen-bond acceptors (Lipinski definition) is 1. The van der Waals surface area contributed by atoms with Gasteiger partial charge in [0, 0.05) is 30.0 Å². The smallest absolute Gasteiger partial charge is 0.0205 e. The molecule has 0 aliphatic rings. The molecule has 0 radical (unpaired) electrons. The SMILES string of the molecule is CCC(CC)N(CCBr)CC(C)=CCl. The fourth-order valence-electron chi connectivity index (χ4n) is 1.66. The first-order valence-corrected chi connectivity index (χ1v) is 6.81. The van der Waals surface area contributed by atoms with Gasteiger partial charge in [0.25, 0.3) is 0 Å². The van der Waals surface area contributed by atoms with Crippen molar-refractivity contribution in [2.45, 2.75) is 39.7 Å². The molecule has 0 aromatic carbocycles. The molecular weight excluding hydrogens is 261 g/mol. The Hall–Kier alpha value is 0.470. The van der Waals surface area contributed by atoms with Crippen LogP contribution in [-0.4, -0.2) is 29.4 Å². The first kappa shape index (κ1) is 14.5. The lowest BCUT2D eigenvalue weighted by Gasteiger charge is -2.29. The van der Waals surface area contributed by atoms with E-state index in [-0.39, 0.29) is 0 Å². The number of nitrogens with zero attached hydrogens (tertiary/aromatic N) is 1. The molecule has 0 fully saturated rings. The molecule has 0 saturated carbocycles. The topological polar surface area (TPSA) is 3.24 Å². The third kappa shape index (κ3) is 5.38. The summed E-state index contributed by atoms with van der Waals surface area (Å²) in [5.41, 5.74) is 2.92. The highest BCUT2D eigenvalue weighted by atomic mass is 79.9. The summed E-state index contributed by atoms with van der Waals surface area (Å²) in [6.45, 7) is 8.65. The van der Waals surface area contributed by atoms with E-state index in [1.54, 1.807) is 5.54 Å². The molecule has 14 heavy (non-hydrogen) atoms. The van der Waals surface area contributed by atoms with Crippen LogP contribution in [0.1, 0.15) is 33.6 Å². The van der Waals surface area contributed by atoms with Gasteiger partial charge in [0.2, 0.25) is 0 Å². The summed E-state index contributed by atoms with van der Waals surface area (Å²) >= 11 is 9.18. The highest BCUT2D eigenvalue weighted by Crippen LogP contribution is 2.11. The fraction of sp³-hybridized carbons (Fsp3) is 0.818. The maximum Gasteiger partial charge on any atom is 0.0205 e. The predicted octanol–water partition coefficient (Wildman–Crippen LogP) is 4.01. The van der Waals surface area contributed by atoms with Gasteiger partial charge < -0.3 is 0 Å². The third-order valence-electron chi connectivity index (χ3n) is 2.47. The average molecular weight is 283 g/mol. The number of alkyl halides is 1. The monoisotopic (exact) mass is 281 g/mol. The molecule has 0 rings (SSSR count). The van der Waals surface area contributed by atoms with Crippen molar-refractivity contribution in [1.29, 1.82) is 0 Å². The molecule has 0 aliphatic carbocycles. The molecule has 0 atom stereocenters. The Morgan fingerprint density at radius 2 is 2.00 bits per heavy atom.